The van der Waals surface area contributed by atoms with Crippen LogP contribution in [0.15, 0.2) is 23.1 Å². The molecule has 8 heteroatoms. The van der Waals surface area contributed by atoms with E-state index in [0.717, 1.165) is 30.6 Å². The molecule has 6 nitrogen and oxygen atoms in total. The number of nitrogens with two attached hydrogens (primary N) is 1. The van der Waals surface area contributed by atoms with Crippen LogP contribution in [0, 0.1) is 25.7 Å². The number of likely N-dealkylation sites (tertiary alicyclic amines) is 1. The van der Waals surface area contributed by atoms with Crippen molar-refractivity contribution < 1.29 is 13.2 Å². The van der Waals surface area contributed by atoms with Crippen LogP contribution in [-0.4, -0.2) is 56.3 Å². The third kappa shape index (κ3) is 4.65. The van der Waals surface area contributed by atoms with E-state index in [1.165, 1.54) is 4.31 Å². The van der Waals surface area contributed by atoms with Crippen molar-refractivity contribution >= 4 is 28.3 Å². The Morgan fingerprint density at radius 2 is 1.78 bits per heavy atom. The maximum Gasteiger partial charge on any atom is 0.243 e. The molecule has 0 bridgehead atoms. The zero-order chi connectivity index (χ0) is 18.9. The SMILES string of the molecule is Cc1ccc(S(=O)(=O)N2CCC(C(=O)N3CCC(CN)C3)CC2)cc1C.Cl. The Morgan fingerprint density at radius 1 is 1.11 bits per heavy atom. The molecule has 27 heavy (non-hydrogen) atoms. The molecule has 2 N–H and O–H groups in total. The molecule has 0 saturated carbocycles. The Balaban J connectivity index is 0.00000261. The van der Waals surface area contributed by atoms with Crippen molar-refractivity contribution in [3.63, 3.8) is 0 Å². The fourth-order valence-corrected chi connectivity index (χ4v) is 5.41. The number of hydrogen-bond acceptors (Lipinski definition) is 4. The summed E-state index contributed by atoms with van der Waals surface area (Å²) < 4.78 is 27.3. The second-order valence-corrected chi connectivity index (χ2v) is 9.54. The number of amides is 1. The summed E-state index contributed by atoms with van der Waals surface area (Å²) in [6.07, 6.45) is 2.15. The highest BCUT2D eigenvalue weighted by Crippen LogP contribution is 2.27. The van der Waals surface area contributed by atoms with Crippen LogP contribution in [0.5, 0.6) is 0 Å². The molecular weight excluding hydrogens is 386 g/mol. The normalized spacial score (nSPS) is 21.9. The van der Waals surface area contributed by atoms with Crippen LogP contribution in [0.2, 0.25) is 0 Å². The first-order chi connectivity index (χ1) is 12.3. The third-order valence-electron chi connectivity index (χ3n) is 5.85. The van der Waals surface area contributed by atoms with Crippen LogP contribution in [0.4, 0.5) is 0 Å². The molecule has 2 saturated heterocycles. The number of hydrogen-bond donors (Lipinski definition) is 1. The molecule has 1 unspecified atom stereocenters. The minimum absolute atomic E-state index is 0. The van der Waals surface area contributed by atoms with Gasteiger partial charge in [-0.15, -0.1) is 12.4 Å². The lowest BCUT2D eigenvalue weighted by molar-refractivity contribution is -0.135. The Bertz CT molecular complexity index is 776. The maximum atomic E-state index is 12.9. The van der Waals surface area contributed by atoms with Gasteiger partial charge in [0.2, 0.25) is 15.9 Å². The number of rotatable bonds is 4. The minimum Gasteiger partial charge on any atom is -0.342 e. The van der Waals surface area contributed by atoms with Crippen molar-refractivity contribution in [1.82, 2.24) is 9.21 Å². The van der Waals surface area contributed by atoms with E-state index in [2.05, 4.69) is 0 Å². The monoisotopic (exact) mass is 415 g/mol. The summed E-state index contributed by atoms with van der Waals surface area (Å²) >= 11 is 0. The predicted molar refractivity (Wildman–Crippen MR) is 108 cm³/mol. The molecule has 2 aliphatic rings. The Hall–Kier alpha value is -1.15. The topological polar surface area (TPSA) is 83.7 Å². The lowest BCUT2D eigenvalue weighted by Gasteiger charge is -2.32. The van der Waals surface area contributed by atoms with Gasteiger partial charge in [0, 0.05) is 32.1 Å². The fraction of sp³-hybridized carbons (Fsp3) is 0.632. The first kappa shape index (κ1) is 22.1. The van der Waals surface area contributed by atoms with Crippen molar-refractivity contribution in [1.29, 1.82) is 0 Å². The van der Waals surface area contributed by atoms with Crippen molar-refractivity contribution in [3.05, 3.63) is 29.3 Å². The van der Waals surface area contributed by atoms with Gasteiger partial charge in [-0.2, -0.15) is 4.31 Å². The summed E-state index contributed by atoms with van der Waals surface area (Å²) in [5, 5.41) is 0. The summed E-state index contributed by atoms with van der Waals surface area (Å²) in [7, 11) is -3.49. The first-order valence-electron chi connectivity index (χ1n) is 9.39. The molecule has 0 aliphatic carbocycles. The van der Waals surface area contributed by atoms with Crippen molar-refractivity contribution in [2.24, 2.45) is 17.6 Å². The fourth-order valence-electron chi connectivity index (χ4n) is 3.85. The van der Waals surface area contributed by atoms with E-state index in [1.54, 1.807) is 12.1 Å². The first-order valence-corrected chi connectivity index (χ1v) is 10.8. The molecule has 1 aromatic carbocycles. The summed E-state index contributed by atoms with van der Waals surface area (Å²) in [5.74, 6) is 0.506. The average molecular weight is 416 g/mol. The van der Waals surface area contributed by atoms with Crippen molar-refractivity contribution in [2.45, 2.75) is 38.0 Å². The van der Waals surface area contributed by atoms with E-state index in [1.807, 2.05) is 24.8 Å². The second kappa shape index (κ2) is 8.90. The number of piperidine rings is 1. The standard InChI is InChI=1S/C19H29N3O3S.ClH/c1-14-3-4-18(11-15(14)2)26(24,25)22-9-6-17(7-10-22)19(23)21-8-5-16(12-20)13-21;/h3-4,11,16-17H,5-10,12-13,20H2,1-2H3;1H. The lowest BCUT2D eigenvalue weighted by Crippen LogP contribution is -2.44. The quantitative estimate of drug-likeness (QED) is 0.814. The van der Waals surface area contributed by atoms with Gasteiger partial charge >= 0.3 is 0 Å². The lowest BCUT2D eigenvalue weighted by atomic mass is 9.96. The van der Waals surface area contributed by atoms with E-state index in [9.17, 15) is 13.2 Å². The number of sulfonamides is 1. The van der Waals surface area contributed by atoms with Gasteiger partial charge in [-0.05, 0) is 68.8 Å². The summed E-state index contributed by atoms with van der Waals surface area (Å²) in [5.41, 5.74) is 7.75. The number of carbonyl (C=O) groups excluding carboxylic acids is 1. The van der Waals surface area contributed by atoms with Crippen LogP contribution in [-0.2, 0) is 14.8 Å². The average Bonchev–Trinajstić information content (AvgIpc) is 3.12. The summed E-state index contributed by atoms with van der Waals surface area (Å²) in [4.78, 5) is 14.9. The smallest absolute Gasteiger partial charge is 0.243 e. The van der Waals surface area contributed by atoms with Gasteiger partial charge in [0.05, 0.1) is 4.90 Å². The van der Waals surface area contributed by atoms with Gasteiger partial charge in [-0.1, -0.05) is 6.07 Å². The van der Waals surface area contributed by atoms with Gasteiger partial charge < -0.3 is 10.6 Å². The van der Waals surface area contributed by atoms with E-state index >= 15 is 0 Å². The highest BCUT2D eigenvalue weighted by molar-refractivity contribution is 7.89. The highest BCUT2D eigenvalue weighted by atomic mass is 35.5. The van der Waals surface area contributed by atoms with Gasteiger partial charge in [0.25, 0.3) is 0 Å². The number of nitrogens with zero attached hydrogens (tertiary/aromatic N) is 2. The van der Waals surface area contributed by atoms with E-state index in [4.69, 9.17) is 5.73 Å². The molecule has 1 amide bonds. The van der Waals surface area contributed by atoms with Crippen LogP contribution in [0.1, 0.15) is 30.4 Å². The minimum atomic E-state index is -3.49. The molecule has 0 spiro atoms. The molecule has 3 rings (SSSR count). The zero-order valence-electron chi connectivity index (χ0n) is 16.1. The summed E-state index contributed by atoms with van der Waals surface area (Å²) in [6, 6.07) is 5.25. The van der Waals surface area contributed by atoms with Gasteiger partial charge in [-0.3, -0.25) is 4.79 Å². The molecule has 2 fully saturated rings. The van der Waals surface area contributed by atoms with E-state index < -0.39 is 10.0 Å². The molecule has 2 heterocycles. The van der Waals surface area contributed by atoms with Gasteiger partial charge in [0.15, 0.2) is 0 Å². The zero-order valence-corrected chi connectivity index (χ0v) is 17.7. The van der Waals surface area contributed by atoms with Crippen LogP contribution >= 0.6 is 12.4 Å². The number of halogens is 1. The van der Waals surface area contributed by atoms with Crippen molar-refractivity contribution in [2.75, 3.05) is 32.7 Å². The molecule has 0 aromatic heterocycles. The Morgan fingerprint density at radius 3 is 2.33 bits per heavy atom. The van der Waals surface area contributed by atoms with Crippen LogP contribution in [0.25, 0.3) is 0 Å². The Kier molecular flexibility index (Phi) is 7.30. The molecule has 1 atom stereocenters. The molecule has 2 aliphatic heterocycles. The van der Waals surface area contributed by atoms with Crippen molar-refractivity contribution in [3.8, 4) is 0 Å². The third-order valence-corrected chi connectivity index (χ3v) is 7.74. The number of aryl methyl sites for hydroxylation is 2. The maximum absolute atomic E-state index is 12.9. The molecule has 152 valence electrons. The largest absolute Gasteiger partial charge is 0.342 e. The Labute approximate surface area is 168 Å². The molecular formula is C19H30ClN3O3S. The molecule has 0 radical (unpaired) electrons. The highest BCUT2D eigenvalue weighted by Gasteiger charge is 2.35. The van der Waals surface area contributed by atoms with E-state index in [0.29, 0.717) is 43.3 Å². The number of carbonyl (C=O) groups is 1. The van der Waals surface area contributed by atoms with E-state index in [-0.39, 0.29) is 24.2 Å². The number of benzene rings is 1. The van der Waals surface area contributed by atoms with Crippen LogP contribution in [0.3, 0.4) is 0 Å². The molecule has 1 aromatic rings. The van der Waals surface area contributed by atoms with Gasteiger partial charge in [0.1, 0.15) is 0 Å². The summed E-state index contributed by atoms with van der Waals surface area (Å²) in [6.45, 7) is 6.84. The predicted octanol–water partition coefficient (Wildman–Crippen LogP) is 1.93. The second-order valence-electron chi connectivity index (χ2n) is 7.60. The van der Waals surface area contributed by atoms with Crippen LogP contribution < -0.4 is 5.73 Å². The van der Waals surface area contributed by atoms with Gasteiger partial charge in [-0.25, -0.2) is 8.42 Å².